The van der Waals surface area contributed by atoms with Gasteiger partial charge in [-0.05, 0) is 17.5 Å². The first-order chi connectivity index (χ1) is 9.66. The molecular weight excluding hydrogens is 272 g/mol. The highest BCUT2D eigenvalue weighted by atomic mass is 32.1. The van der Waals surface area contributed by atoms with Crippen LogP contribution in [-0.2, 0) is 7.05 Å². The number of rotatable bonds is 4. The lowest BCUT2D eigenvalue weighted by Gasteiger charge is -1.96. The summed E-state index contributed by atoms with van der Waals surface area (Å²) in [5.74, 6) is -0.389. The molecule has 0 N–H and O–H groups in total. The highest BCUT2D eigenvalue weighted by molar-refractivity contribution is 7.12. The molecule has 5 heteroatoms. The lowest BCUT2D eigenvalue weighted by Crippen LogP contribution is -2.08. The average Bonchev–Trinajstić information content (AvgIpc) is 3.07. The summed E-state index contributed by atoms with van der Waals surface area (Å²) in [4.78, 5) is 24.9. The van der Waals surface area contributed by atoms with E-state index in [1.165, 1.54) is 11.3 Å². The van der Waals surface area contributed by atoms with E-state index in [4.69, 9.17) is 0 Å². The number of ketones is 2. The van der Waals surface area contributed by atoms with Gasteiger partial charge in [-0.1, -0.05) is 24.3 Å². The van der Waals surface area contributed by atoms with E-state index in [1.807, 2.05) is 29.6 Å². The Kier molecular flexibility index (Phi) is 3.20. The van der Waals surface area contributed by atoms with Crippen molar-refractivity contribution in [3.8, 4) is 0 Å². The molecular formula is C15H12N2O2S. The fraction of sp³-hybridized carbons (Fsp3) is 0.133. The zero-order valence-electron chi connectivity index (χ0n) is 10.9. The Balaban J connectivity index is 1.92. The van der Waals surface area contributed by atoms with Gasteiger partial charge in [0.25, 0.3) is 0 Å². The van der Waals surface area contributed by atoms with Crippen LogP contribution in [0.15, 0.2) is 41.8 Å². The van der Waals surface area contributed by atoms with Crippen LogP contribution in [0.3, 0.4) is 0 Å². The molecule has 3 rings (SSSR count). The van der Waals surface area contributed by atoms with E-state index >= 15 is 0 Å². The van der Waals surface area contributed by atoms with E-state index in [0.29, 0.717) is 10.6 Å². The number of benzene rings is 1. The third-order valence-corrected chi connectivity index (χ3v) is 4.05. The van der Waals surface area contributed by atoms with Gasteiger partial charge in [-0.3, -0.25) is 14.3 Å². The fourth-order valence-corrected chi connectivity index (χ4v) is 2.84. The molecule has 0 aliphatic rings. The second-order valence-electron chi connectivity index (χ2n) is 4.49. The van der Waals surface area contributed by atoms with Gasteiger partial charge >= 0.3 is 0 Å². The summed E-state index contributed by atoms with van der Waals surface area (Å²) in [6, 6.07) is 11.1. The molecule has 0 atom stereocenters. The lowest BCUT2D eigenvalue weighted by atomic mass is 10.1. The minimum Gasteiger partial charge on any atom is -0.293 e. The molecule has 1 aromatic carbocycles. The van der Waals surface area contributed by atoms with E-state index in [-0.39, 0.29) is 18.0 Å². The van der Waals surface area contributed by atoms with Gasteiger partial charge in [-0.15, -0.1) is 11.3 Å². The number of carbonyl (C=O) groups is 2. The van der Waals surface area contributed by atoms with Gasteiger partial charge in [0.05, 0.1) is 16.8 Å². The van der Waals surface area contributed by atoms with Gasteiger partial charge in [0, 0.05) is 12.4 Å². The Morgan fingerprint density at radius 3 is 2.70 bits per heavy atom. The maximum atomic E-state index is 12.3. The first-order valence-corrected chi connectivity index (χ1v) is 7.06. The van der Waals surface area contributed by atoms with Gasteiger partial charge < -0.3 is 0 Å². The Morgan fingerprint density at radius 1 is 1.15 bits per heavy atom. The summed E-state index contributed by atoms with van der Waals surface area (Å²) < 4.78 is 1.66. The molecule has 0 saturated carbocycles. The van der Waals surface area contributed by atoms with E-state index in [0.717, 1.165) is 10.9 Å². The molecule has 3 aromatic rings. The van der Waals surface area contributed by atoms with Crippen molar-refractivity contribution < 1.29 is 9.59 Å². The Labute approximate surface area is 119 Å². The molecule has 0 amide bonds. The summed E-state index contributed by atoms with van der Waals surface area (Å²) >= 11 is 1.35. The summed E-state index contributed by atoms with van der Waals surface area (Å²) in [7, 11) is 1.79. The van der Waals surface area contributed by atoms with Crippen molar-refractivity contribution in [3.05, 3.63) is 52.3 Å². The van der Waals surface area contributed by atoms with Crippen LogP contribution < -0.4 is 0 Å². The highest BCUT2D eigenvalue weighted by Gasteiger charge is 2.19. The van der Waals surface area contributed by atoms with Crippen LogP contribution in [0.4, 0.5) is 0 Å². The van der Waals surface area contributed by atoms with Crippen LogP contribution in [0.25, 0.3) is 10.9 Å². The van der Waals surface area contributed by atoms with Crippen molar-refractivity contribution in [2.45, 2.75) is 6.42 Å². The van der Waals surface area contributed by atoms with Crippen LogP contribution in [-0.4, -0.2) is 21.3 Å². The number of thiophene rings is 1. The number of nitrogens with zero attached hydrogens (tertiary/aromatic N) is 2. The second-order valence-corrected chi connectivity index (χ2v) is 5.44. The Bertz CT molecular complexity index is 787. The standard InChI is InChI=1S/C15H12N2O2S/c1-17-11-6-3-2-5-10(11)15(16-17)13(19)9-12(18)14-7-4-8-20-14/h2-8H,9H2,1H3. The quantitative estimate of drug-likeness (QED) is 0.546. The number of aromatic nitrogens is 2. The molecule has 0 bridgehead atoms. The number of para-hydroxylation sites is 1. The Morgan fingerprint density at radius 2 is 1.95 bits per heavy atom. The van der Waals surface area contributed by atoms with E-state index in [2.05, 4.69) is 5.10 Å². The smallest absolute Gasteiger partial charge is 0.191 e. The minimum absolute atomic E-state index is 0.137. The molecule has 100 valence electrons. The number of carbonyl (C=O) groups excluding carboxylic acids is 2. The predicted octanol–water partition coefficient (Wildman–Crippen LogP) is 3.09. The largest absolute Gasteiger partial charge is 0.293 e. The lowest BCUT2D eigenvalue weighted by molar-refractivity contribution is 0.0894. The molecule has 0 saturated heterocycles. The molecule has 0 spiro atoms. The van der Waals surface area contributed by atoms with Gasteiger partial charge in [0.2, 0.25) is 0 Å². The monoisotopic (exact) mass is 284 g/mol. The predicted molar refractivity (Wildman–Crippen MR) is 78.3 cm³/mol. The Hall–Kier alpha value is -2.27. The van der Waals surface area contributed by atoms with Crippen molar-refractivity contribution in [1.29, 1.82) is 0 Å². The van der Waals surface area contributed by atoms with Gasteiger partial charge in [-0.2, -0.15) is 5.10 Å². The number of hydrogen-bond donors (Lipinski definition) is 0. The van der Waals surface area contributed by atoms with E-state index < -0.39 is 0 Å². The van der Waals surface area contributed by atoms with Gasteiger partial charge in [-0.25, -0.2) is 0 Å². The van der Waals surface area contributed by atoms with Crippen LogP contribution in [0.2, 0.25) is 0 Å². The maximum Gasteiger partial charge on any atom is 0.191 e. The van der Waals surface area contributed by atoms with Gasteiger partial charge in [0.1, 0.15) is 5.69 Å². The fourth-order valence-electron chi connectivity index (χ4n) is 2.17. The molecule has 0 radical (unpaired) electrons. The third kappa shape index (κ3) is 2.16. The maximum absolute atomic E-state index is 12.3. The van der Waals surface area contributed by atoms with Crippen molar-refractivity contribution in [3.63, 3.8) is 0 Å². The average molecular weight is 284 g/mol. The van der Waals surface area contributed by atoms with Crippen LogP contribution in [0, 0.1) is 0 Å². The normalized spacial score (nSPS) is 10.8. The summed E-state index contributed by atoms with van der Waals surface area (Å²) in [6.07, 6.45) is -0.137. The molecule has 4 nitrogen and oxygen atoms in total. The van der Waals surface area contributed by atoms with Crippen LogP contribution in [0.5, 0.6) is 0 Å². The number of hydrogen-bond acceptors (Lipinski definition) is 4. The molecule has 2 heterocycles. The number of fused-ring (bicyclic) bond motifs is 1. The minimum atomic E-state index is -0.236. The van der Waals surface area contributed by atoms with Crippen LogP contribution in [0.1, 0.15) is 26.6 Å². The SMILES string of the molecule is Cn1nc(C(=O)CC(=O)c2cccs2)c2ccccc21. The van der Waals surface area contributed by atoms with E-state index in [1.54, 1.807) is 23.9 Å². The summed E-state index contributed by atoms with van der Waals surface area (Å²) in [5.41, 5.74) is 1.26. The van der Waals surface area contributed by atoms with Crippen molar-refractivity contribution in [2.75, 3.05) is 0 Å². The summed E-state index contributed by atoms with van der Waals surface area (Å²) in [6.45, 7) is 0. The molecule has 0 unspecified atom stereocenters. The number of Topliss-reactive ketones (excluding diaryl/α,β-unsaturated/α-hetero) is 2. The van der Waals surface area contributed by atoms with Crippen molar-refractivity contribution in [2.24, 2.45) is 7.05 Å². The molecule has 2 aromatic heterocycles. The molecule has 0 aliphatic carbocycles. The molecule has 0 fully saturated rings. The highest BCUT2D eigenvalue weighted by Crippen LogP contribution is 2.20. The zero-order valence-corrected chi connectivity index (χ0v) is 11.7. The number of aryl methyl sites for hydroxylation is 1. The second kappa shape index (κ2) is 5.02. The van der Waals surface area contributed by atoms with E-state index in [9.17, 15) is 9.59 Å². The first-order valence-electron chi connectivity index (χ1n) is 6.18. The third-order valence-electron chi connectivity index (χ3n) is 3.14. The van der Waals surface area contributed by atoms with Crippen molar-refractivity contribution >= 4 is 33.8 Å². The van der Waals surface area contributed by atoms with Crippen LogP contribution >= 0.6 is 11.3 Å². The van der Waals surface area contributed by atoms with Gasteiger partial charge in [0.15, 0.2) is 11.6 Å². The summed E-state index contributed by atoms with van der Waals surface area (Å²) in [5, 5.41) is 6.86. The topological polar surface area (TPSA) is 52.0 Å². The zero-order chi connectivity index (χ0) is 14.1. The first kappa shape index (κ1) is 12.7. The molecule has 0 aliphatic heterocycles. The molecule has 20 heavy (non-hydrogen) atoms. The van der Waals surface area contributed by atoms with Crippen molar-refractivity contribution in [1.82, 2.24) is 9.78 Å².